The van der Waals surface area contributed by atoms with E-state index in [0.717, 1.165) is 0 Å². The Bertz CT molecular complexity index is 736. The number of hydrogen-bond acceptors (Lipinski definition) is 5. The molecule has 0 aromatic carbocycles. The summed E-state index contributed by atoms with van der Waals surface area (Å²) in [4.78, 5) is 12.4. The third-order valence-corrected chi connectivity index (χ3v) is 12.7. The normalized spacial score (nSPS) is 47.0. The fourth-order valence-corrected chi connectivity index (χ4v) is 10.4. The van der Waals surface area contributed by atoms with Crippen LogP contribution in [0.15, 0.2) is 0 Å². The molecule has 0 amide bonds. The Morgan fingerprint density at radius 2 is 1.77 bits per heavy atom. The molecule has 0 N–H and O–H groups in total. The number of Topliss-reactive ketones (excluding diaryl/α,β-unsaturated/α-hetero) is 1. The predicted octanol–water partition coefficient (Wildman–Crippen LogP) is 1.51. The van der Waals surface area contributed by atoms with Crippen LogP contribution in [-0.2, 0) is 24.5 Å². The van der Waals surface area contributed by atoms with Gasteiger partial charge in [0.1, 0.15) is 5.25 Å². The van der Waals surface area contributed by atoms with Crippen molar-refractivity contribution >= 4 is 25.5 Å². The van der Waals surface area contributed by atoms with Gasteiger partial charge in [0.25, 0.3) is 0 Å². The summed E-state index contributed by atoms with van der Waals surface area (Å²) in [6, 6.07) is 0. The molecule has 2 heterocycles. The first-order valence-corrected chi connectivity index (χ1v) is 11.0. The molecule has 22 heavy (non-hydrogen) atoms. The second kappa shape index (κ2) is 4.35. The van der Waals surface area contributed by atoms with Gasteiger partial charge in [-0.2, -0.15) is 0 Å². The lowest BCUT2D eigenvalue weighted by Gasteiger charge is -2.35. The van der Waals surface area contributed by atoms with Crippen molar-refractivity contribution in [3.05, 3.63) is 0 Å². The Kier molecular flexibility index (Phi) is 3.25. The largest absolute Gasteiger partial charge is 0.298 e. The first-order chi connectivity index (χ1) is 9.91. The van der Waals surface area contributed by atoms with Crippen LogP contribution in [0.5, 0.6) is 0 Å². The summed E-state index contributed by atoms with van der Waals surface area (Å²) in [6.45, 7) is 6.65. The first kappa shape index (κ1) is 16.4. The monoisotopic (exact) mass is 348 g/mol. The summed E-state index contributed by atoms with van der Waals surface area (Å²) in [5.74, 6) is -1.07. The molecule has 2 aliphatic heterocycles. The third kappa shape index (κ3) is 1.57. The van der Waals surface area contributed by atoms with E-state index >= 15 is 0 Å². The molecule has 1 saturated carbocycles. The number of sulfone groups is 2. The van der Waals surface area contributed by atoms with Crippen molar-refractivity contribution in [1.29, 1.82) is 0 Å². The summed E-state index contributed by atoms with van der Waals surface area (Å²) in [7, 11) is -7.09. The summed E-state index contributed by atoms with van der Waals surface area (Å²) in [5, 5.41) is -1.68. The second-order valence-corrected chi connectivity index (χ2v) is 13.3. The van der Waals surface area contributed by atoms with Crippen molar-refractivity contribution in [2.24, 2.45) is 11.8 Å². The minimum Gasteiger partial charge on any atom is -0.298 e. The number of carbonyl (C=O) groups excluding carboxylic acids is 1. The highest BCUT2D eigenvalue weighted by molar-refractivity contribution is 7.95. The molecule has 1 aliphatic carbocycles. The predicted molar refractivity (Wildman–Crippen MR) is 84.0 cm³/mol. The Morgan fingerprint density at radius 1 is 1.18 bits per heavy atom. The Balaban J connectivity index is 2.23. The molecule has 2 saturated heterocycles. The van der Waals surface area contributed by atoms with E-state index in [0.29, 0.717) is 19.3 Å². The number of fused-ring (bicyclic) bond motifs is 5. The van der Waals surface area contributed by atoms with Gasteiger partial charge in [0.15, 0.2) is 25.5 Å². The summed E-state index contributed by atoms with van der Waals surface area (Å²) in [6.07, 6.45) is 1.62. The van der Waals surface area contributed by atoms with Gasteiger partial charge in [-0.05, 0) is 52.9 Å². The lowest BCUT2D eigenvalue weighted by Crippen LogP contribution is -2.51. The molecular formula is C15H24O5S2. The highest BCUT2D eigenvalue weighted by Crippen LogP contribution is 2.63. The van der Waals surface area contributed by atoms with Gasteiger partial charge in [-0.1, -0.05) is 0 Å². The van der Waals surface area contributed by atoms with Crippen LogP contribution in [0.3, 0.4) is 0 Å². The molecule has 3 fully saturated rings. The topological polar surface area (TPSA) is 85.3 Å². The number of hydrogen-bond donors (Lipinski definition) is 0. The van der Waals surface area contributed by atoms with E-state index in [4.69, 9.17) is 0 Å². The fourth-order valence-electron chi connectivity index (χ4n) is 5.21. The van der Waals surface area contributed by atoms with Gasteiger partial charge in [-0.25, -0.2) is 16.8 Å². The molecule has 5 atom stereocenters. The maximum Gasteiger partial charge on any atom is 0.166 e. The van der Waals surface area contributed by atoms with Gasteiger partial charge < -0.3 is 0 Å². The number of rotatable bonds is 2. The van der Waals surface area contributed by atoms with Crippen molar-refractivity contribution in [3.8, 4) is 0 Å². The van der Waals surface area contributed by atoms with Gasteiger partial charge in [0.05, 0.1) is 14.7 Å². The minimum atomic E-state index is -3.61. The Morgan fingerprint density at radius 3 is 2.32 bits per heavy atom. The lowest BCUT2D eigenvalue weighted by molar-refractivity contribution is -0.119. The van der Waals surface area contributed by atoms with Crippen LogP contribution >= 0.6 is 0 Å². The zero-order valence-corrected chi connectivity index (χ0v) is 15.1. The molecule has 0 radical (unpaired) electrons. The smallest absolute Gasteiger partial charge is 0.166 e. The van der Waals surface area contributed by atoms with Crippen LogP contribution in [0.4, 0.5) is 0 Å². The Hall–Kier alpha value is -0.430. The SMILES string of the molecule is CC(C)S(=O)(=O)[C@]1(C)CC[C@@H]2[C@H]1[C@H]1C(=O)CC[C@]2(C)S1(=O)=O. The zero-order valence-electron chi connectivity index (χ0n) is 13.5. The maximum atomic E-state index is 12.9. The fraction of sp³-hybridized carbons (Fsp3) is 0.933. The molecule has 0 aromatic heterocycles. The number of ketones is 1. The summed E-state index contributed by atoms with van der Waals surface area (Å²) < 4.78 is 49.5. The van der Waals surface area contributed by atoms with Gasteiger partial charge in [-0.3, -0.25) is 4.79 Å². The molecule has 0 spiro atoms. The average Bonchev–Trinajstić information content (AvgIpc) is 2.77. The molecule has 126 valence electrons. The first-order valence-electron chi connectivity index (χ1n) is 7.91. The van der Waals surface area contributed by atoms with Gasteiger partial charge in [-0.15, -0.1) is 0 Å². The second-order valence-electron chi connectivity index (χ2n) is 7.82. The van der Waals surface area contributed by atoms with Gasteiger partial charge in [0, 0.05) is 12.3 Å². The molecule has 2 bridgehead atoms. The van der Waals surface area contributed by atoms with E-state index in [-0.39, 0.29) is 18.1 Å². The maximum absolute atomic E-state index is 12.9. The van der Waals surface area contributed by atoms with Crippen molar-refractivity contribution in [2.75, 3.05) is 0 Å². The average molecular weight is 348 g/mol. The van der Waals surface area contributed by atoms with E-state index in [1.54, 1.807) is 27.7 Å². The van der Waals surface area contributed by atoms with Crippen molar-refractivity contribution in [2.45, 2.75) is 73.4 Å². The van der Waals surface area contributed by atoms with E-state index in [9.17, 15) is 21.6 Å². The van der Waals surface area contributed by atoms with E-state index in [1.807, 2.05) is 0 Å². The molecule has 0 unspecified atom stereocenters. The summed E-state index contributed by atoms with van der Waals surface area (Å²) in [5.41, 5.74) is 0. The van der Waals surface area contributed by atoms with E-state index in [1.165, 1.54) is 0 Å². The molecule has 5 nitrogen and oxygen atoms in total. The van der Waals surface area contributed by atoms with E-state index in [2.05, 4.69) is 0 Å². The van der Waals surface area contributed by atoms with Gasteiger partial charge in [0.2, 0.25) is 0 Å². The van der Waals surface area contributed by atoms with Crippen LogP contribution in [0, 0.1) is 11.8 Å². The van der Waals surface area contributed by atoms with Crippen LogP contribution in [-0.4, -0.2) is 42.6 Å². The third-order valence-electron chi connectivity index (χ3n) is 6.64. The standard InChI is InChI=1S/C15H24O5S2/c1-9(2)21(17,18)15(4)7-5-10-12(15)13-11(16)6-8-14(10,3)22(13,19)20/h9-10,12-13H,5-8H2,1-4H3/t10-,12+,13-,14+,15-/m1/s1. The zero-order chi connectivity index (χ0) is 16.7. The van der Waals surface area contributed by atoms with Crippen LogP contribution in [0.25, 0.3) is 0 Å². The molecule has 3 rings (SSSR count). The summed E-state index contributed by atoms with van der Waals surface area (Å²) >= 11 is 0. The van der Waals surface area contributed by atoms with Gasteiger partial charge >= 0.3 is 0 Å². The minimum absolute atomic E-state index is 0.215. The quantitative estimate of drug-likeness (QED) is 0.755. The highest BCUT2D eigenvalue weighted by atomic mass is 32.2. The van der Waals surface area contributed by atoms with Crippen molar-refractivity contribution in [3.63, 3.8) is 0 Å². The van der Waals surface area contributed by atoms with Crippen LogP contribution < -0.4 is 0 Å². The number of carbonyl (C=O) groups is 1. The molecule has 7 heteroatoms. The van der Waals surface area contributed by atoms with E-state index < -0.39 is 45.6 Å². The highest BCUT2D eigenvalue weighted by Gasteiger charge is 2.74. The van der Waals surface area contributed by atoms with Crippen LogP contribution in [0.2, 0.25) is 0 Å². The van der Waals surface area contributed by atoms with Crippen molar-refractivity contribution < 1.29 is 21.6 Å². The van der Waals surface area contributed by atoms with Crippen molar-refractivity contribution in [1.82, 2.24) is 0 Å². The molecular weight excluding hydrogens is 324 g/mol. The lowest BCUT2D eigenvalue weighted by atomic mass is 9.81. The molecule has 0 aromatic rings. The molecule has 3 aliphatic rings. The van der Waals surface area contributed by atoms with Crippen LogP contribution in [0.1, 0.15) is 53.4 Å². The Labute approximate surface area is 132 Å².